The van der Waals surface area contributed by atoms with Crippen LogP contribution in [-0.4, -0.2) is 12.1 Å². The van der Waals surface area contributed by atoms with Crippen molar-refractivity contribution in [2.45, 2.75) is 6.92 Å². The maximum atomic E-state index is 11.2. The third kappa shape index (κ3) is 2.43. The van der Waals surface area contributed by atoms with Gasteiger partial charge in [0.25, 0.3) is 0 Å². The highest BCUT2D eigenvalue weighted by atomic mass is 16.5. The van der Waals surface area contributed by atoms with Crippen LogP contribution in [0.15, 0.2) is 39.5 Å². The van der Waals surface area contributed by atoms with E-state index in [1.165, 1.54) is 0 Å². The molecule has 0 atom stereocenters. The van der Waals surface area contributed by atoms with Gasteiger partial charge in [0.2, 0.25) is 0 Å². The van der Waals surface area contributed by atoms with Crippen LogP contribution in [0.25, 0.3) is 11.1 Å². The third-order valence-electron chi connectivity index (χ3n) is 3.22. The Balaban J connectivity index is 2.07. The van der Waals surface area contributed by atoms with Crippen molar-refractivity contribution in [2.75, 3.05) is 18.2 Å². The average Bonchev–Trinajstić information content (AvgIpc) is 2.78. The van der Waals surface area contributed by atoms with Gasteiger partial charge in [-0.25, -0.2) is 4.79 Å². The van der Waals surface area contributed by atoms with E-state index in [-0.39, 0.29) is 0 Å². The summed E-state index contributed by atoms with van der Waals surface area (Å²) < 4.78 is 10.3. The van der Waals surface area contributed by atoms with Crippen LogP contribution in [0.5, 0.6) is 5.75 Å². The van der Waals surface area contributed by atoms with Gasteiger partial charge in [0.05, 0.1) is 29.7 Å². The minimum absolute atomic E-state index is 0.430. The summed E-state index contributed by atoms with van der Waals surface area (Å²) in [6.45, 7) is 1.99. The van der Waals surface area contributed by atoms with E-state index in [1.807, 2.05) is 25.1 Å². The number of hydrogen-bond donors (Lipinski definition) is 3. The van der Waals surface area contributed by atoms with Gasteiger partial charge in [0.15, 0.2) is 5.58 Å². The number of hydrogen-bond acceptors (Lipinski definition) is 5. The number of nitrogen functional groups attached to an aromatic ring is 1. The van der Waals surface area contributed by atoms with Gasteiger partial charge in [0, 0.05) is 6.07 Å². The average molecular weight is 285 g/mol. The fraction of sp³-hybridized carbons (Fsp3) is 0.133. The molecule has 0 radical (unpaired) electrons. The van der Waals surface area contributed by atoms with Gasteiger partial charge in [-0.2, -0.15) is 0 Å². The number of nitrogens with two attached hydrogens (primary N) is 1. The molecule has 2 aromatic carbocycles. The normalized spacial score (nSPS) is 10.8. The van der Waals surface area contributed by atoms with Crippen molar-refractivity contribution in [2.24, 2.45) is 0 Å². The van der Waals surface area contributed by atoms with Crippen molar-refractivity contribution in [3.05, 3.63) is 46.4 Å². The molecule has 0 fully saturated rings. The van der Waals surface area contributed by atoms with E-state index in [0.29, 0.717) is 28.2 Å². The summed E-state index contributed by atoms with van der Waals surface area (Å²) in [7, 11) is 1.61. The Bertz CT molecular complexity index is 864. The topological polar surface area (TPSA) is 93.3 Å². The van der Waals surface area contributed by atoms with Crippen LogP contribution in [0.4, 0.5) is 17.1 Å². The van der Waals surface area contributed by atoms with E-state index in [4.69, 9.17) is 14.9 Å². The summed E-state index contributed by atoms with van der Waals surface area (Å²) in [6, 6.07) is 9.14. The summed E-state index contributed by atoms with van der Waals surface area (Å²) in [4.78, 5) is 13.8. The van der Waals surface area contributed by atoms with Crippen LogP contribution < -0.4 is 21.5 Å². The van der Waals surface area contributed by atoms with Gasteiger partial charge in [0.1, 0.15) is 5.75 Å². The molecule has 4 N–H and O–H groups in total. The van der Waals surface area contributed by atoms with Crippen LogP contribution in [0.2, 0.25) is 0 Å². The number of rotatable bonds is 3. The number of aromatic amines is 1. The molecule has 0 aliphatic heterocycles. The van der Waals surface area contributed by atoms with Crippen LogP contribution in [0.3, 0.4) is 0 Å². The third-order valence-corrected chi connectivity index (χ3v) is 3.22. The van der Waals surface area contributed by atoms with Crippen molar-refractivity contribution < 1.29 is 9.15 Å². The first kappa shape index (κ1) is 13.1. The number of benzene rings is 2. The first-order valence-corrected chi connectivity index (χ1v) is 6.41. The van der Waals surface area contributed by atoms with E-state index in [0.717, 1.165) is 11.3 Å². The predicted octanol–water partition coefficient (Wildman–Crippen LogP) is 2.76. The molecule has 0 unspecified atom stereocenters. The number of aromatic nitrogens is 1. The van der Waals surface area contributed by atoms with E-state index >= 15 is 0 Å². The molecule has 21 heavy (non-hydrogen) atoms. The summed E-state index contributed by atoms with van der Waals surface area (Å²) in [6.07, 6.45) is 0. The number of methoxy groups -OCH3 is 1. The molecule has 0 saturated carbocycles. The molecular weight excluding hydrogens is 270 g/mol. The lowest BCUT2D eigenvalue weighted by Crippen LogP contribution is -1.99. The molecule has 3 aromatic rings. The summed E-state index contributed by atoms with van der Waals surface area (Å²) in [5.74, 6) is 0.204. The zero-order valence-electron chi connectivity index (χ0n) is 11.7. The minimum Gasteiger partial charge on any atom is -0.495 e. The smallest absolute Gasteiger partial charge is 0.417 e. The number of ether oxygens (including phenoxy) is 1. The van der Waals surface area contributed by atoms with Gasteiger partial charge < -0.3 is 20.2 Å². The largest absolute Gasteiger partial charge is 0.495 e. The van der Waals surface area contributed by atoms with Crippen molar-refractivity contribution in [3.63, 3.8) is 0 Å². The minimum atomic E-state index is -0.505. The highest BCUT2D eigenvalue weighted by Gasteiger charge is 2.09. The Labute approximate surface area is 120 Å². The molecule has 1 heterocycles. The Kier molecular flexibility index (Phi) is 3.06. The van der Waals surface area contributed by atoms with Gasteiger partial charge in [-0.05, 0) is 30.7 Å². The highest BCUT2D eigenvalue weighted by Crippen LogP contribution is 2.32. The molecule has 1 aromatic heterocycles. The molecule has 0 spiro atoms. The zero-order chi connectivity index (χ0) is 15.0. The lowest BCUT2D eigenvalue weighted by molar-refractivity contribution is 0.416. The highest BCUT2D eigenvalue weighted by molar-refractivity contribution is 5.87. The van der Waals surface area contributed by atoms with Crippen molar-refractivity contribution in [3.8, 4) is 5.75 Å². The van der Waals surface area contributed by atoms with Crippen LogP contribution in [0, 0.1) is 6.92 Å². The van der Waals surface area contributed by atoms with Gasteiger partial charge in [-0.15, -0.1) is 0 Å². The fourth-order valence-electron chi connectivity index (χ4n) is 2.19. The number of aryl methyl sites for hydroxylation is 1. The van der Waals surface area contributed by atoms with E-state index in [9.17, 15) is 4.79 Å². The second-order valence-corrected chi connectivity index (χ2v) is 4.78. The predicted molar refractivity (Wildman–Crippen MR) is 82.3 cm³/mol. The Morgan fingerprint density at radius 2 is 2.05 bits per heavy atom. The number of fused-ring (bicyclic) bond motifs is 1. The molecule has 0 saturated heterocycles. The first-order chi connectivity index (χ1) is 10.1. The first-order valence-electron chi connectivity index (χ1n) is 6.41. The summed E-state index contributed by atoms with van der Waals surface area (Å²) in [5, 5.41) is 3.22. The maximum Gasteiger partial charge on any atom is 0.417 e. The van der Waals surface area contributed by atoms with Crippen LogP contribution in [0.1, 0.15) is 5.56 Å². The molecule has 0 aliphatic carbocycles. The molecule has 0 amide bonds. The number of oxazole rings is 1. The van der Waals surface area contributed by atoms with Crippen molar-refractivity contribution in [1.29, 1.82) is 0 Å². The Hall–Kier alpha value is -2.89. The maximum absolute atomic E-state index is 11.2. The molecule has 6 heteroatoms. The SMILES string of the molecule is COc1ccc(C)cc1Nc1cc2[nH]c(=O)oc2cc1N. The number of anilines is 3. The van der Waals surface area contributed by atoms with Gasteiger partial charge in [-0.1, -0.05) is 6.07 Å². The quantitative estimate of drug-likeness (QED) is 0.643. The second kappa shape index (κ2) is 4.90. The zero-order valence-corrected chi connectivity index (χ0v) is 11.7. The fourth-order valence-corrected chi connectivity index (χ4v) is 2.19. The molecule has 3 rings (SSSR count). The molecule has 108 valence electrons. The van der Waals surface area contributed by atoms with Crippen LogP contribution in [-0.2, 0) is 0 Å². The number of nitrogens with one attached hydrogen (secondary N) is 2. The number of H-pyrrole nitrogens is 1. The molecule has 0 bridgehead atoms. The van der Waals surface area contributed by atoms with E-state index < -0.39 is 5.76 Å². The summed E-state index contributed by atoms with van der Waals surface area (Å²) in [5.41, 5.74) is 10.1. The summed E-state index contributed by atoms with van der Waals surface area (Å²) >= 11 is 0. The monoisotopic (exact) mass is 285 g/mol. The van der Waals surface area contributed by atoms with Gasteiger partial charge >= 0.3 is 5.76 Å². The molecule has 0 aliphatic rings. The van der Waals surface area contributed by atoms with E-state index in [2.05, 4.69) is 10.3 Å². The molecule has 6 nitrogen and oxygen atoms in total. The molecular formula is C15H15N3O3. The standard InChI is InChI=1S/C15H15N3O3/c1-8-3-4-13(20-2)11(5-8)17-10-7-12-14(6-9(10)16)21-15(19)18-12/h3-7,17H,16H2,1-2H3,(H,18,19). The second-order valence-electron chi connectivity index (χ2n) is 4.78. The van der Waals surface area contributed by atoms with Gasteiger partial charge in [-0.3, -0.25) is 4.98 Å². The van der Waals surface area contributed by atoms with Crippen LogP contribution >= 0.6 is 0 Å². The van der Waals surface area contributed by atoms with Crippen molar-refractivity contribution >= 4 is 28.2 Å². The Morgan fingerprint density at radius 1 is 1.24 bits per heavy atom. The Morgan fingerprint density at radius 3 is 2.81 bits per heavy atom. The van der Waals surface area contributed by atoms with E-state index in [1.54, 1.807) is 19.2 Å². The van der Waals surface area contributed by atoms with Crippen molar-refractivity contribution in [1.82, 2.24) is 4.98 Å². The lowest BCUT2D eigenvalue weighted by Gasteiger charge is -2.13. The lowest BCUT2D eigenvalue weighted by atomic mass is 10.2.